The monoisotopic (exact) mass is 288 g/mol. The number of carbonyl (C=O) groups is 1. The Labute approximate surface area is 120 Å². The van der Waals surface area contributed by atoms with E-state index in [1.165, 1.54) is 24.1 Å². The van der Waals surface area contributed by atoms with Crippen molar-refractivity contribution in [2.24, 2.45) is 0 Å². The normalized spacial score (nSPS) is 9.90. The first-order valence-electron chi connectivity index (χ1n) is 5.76. The SMILES string of the molecule is CN(C(=O)c1cc(Cl)ccc1F)c1cccc(C#N)c1. The molecule has 0 aromatic heterocycles. The van der Waals surface area contributed by atoms with E-state index in [-0.39, 0.29) is 10.6 Å². The molecule has 0 spiro atoms. The van der Waals surface area contributed by atoms with E-state index in [0.717, 1.165) is 6.07 Å². The highest BCUT2D eigenvalue weighted by molar-refractivity contribution is 6.31. The molecule has 0 radical (unpaired) electrons. The van der Waals surface area contributed by atoms with Crippen molar-refractivity contribution in [1.82, 2.24) is 0 Å². The lowest BCUT2D eigenvalue weighted by Crippen LogP contribution is -2.27. The predicted octanol–water partition coefficient (Wildman–Crippen LogP) is 3.63. The maximum absolute atomic E-state index is 13.7. The molecule has 0 aliphatic rings. The van der Waals surface area contributed by atoms with Gasteiger partial charge in [0.05, 0.1) is 17.2 Å². The Kier molecular flexibility index (Phi) is 4.02. The van der Waals surface area contributed by atoms with Crippen molar-refractivity contribution in [2.75, 3.05) is 11.9 Å². The number of benzene rings is 2. The summed E-state index contributed by atoms with van der Waals surface area (Å²) >= 11 is 5.78. The van der Waals surface area contributed by atoms with Crippen LogP contribution in [0.3, 0.4) is 0 Å². The zero-order valence-electron chi connectivity index (χ0n) is 10.6. The fourth-order valence-electron chi connectivity index (χ4n) is 1.74. The van der Waals surface area contributed by atoms with Crippen molar-refractivity contribution < 1.29 is 9.18 Å². The maximum Gasteiger partial charge on any atom is 0.261 e. The van der Waals surface area contributed by atoms with Crippen molar-refractivity contribution in [2.45, 2.75) is 0 Å². The van der Waals surface area contributed by atoms with Crippen LogP contribution < -0.4 is 4.90 Å². The molecular weight excluding hydrogens is 279 g/mol. The minimum absolute atomic E-state index is 0.109. The smallest absolute Gasteiger partial charge is 0.261 e. The lowest BCUT2D eigenvalue weighted by atomic mass is 10.1. The summed E-state index contributed by atoms with van der Waals surface area (Å²) in [4.78, 5) is 13.5. The molecule has 0 saturated heterocycles. The van der Waals surface area contributed by atoms with Crippen LogP contribution in [0.5, 0.6) is 0 Å². The zero-order chi connectivity index (χ0) is 14.7. The molecule has 0 N–H and O–H groups in total. The first kappa shape index (κ1) is 14.0. The molecule has 0 bridgehead atoms. The van der Waals surface area contributed by atoms with Gasteiger partial charge in [0.2, 0.25) is 0 Å². The van der Waals surface area contributed by atoms with Gasteiger partial charge in [-0.2, -0.15) is 5.26 Å². The zero-order valence-corrected chi connectivity index (χ0v) is 11.4. The molecule has 0 atom stereocenters. The Morgan fingerprint density at radius 3 is 2.75 bits per heavy atom. The van der Waals surface area contributed by atoms with E-state index in [2.05, 4.69) is 0 Å². The van der Waals surface area contributed by atoms with Gasteiger partial charge in [0.1, 0.15) is 5.82 Å². The second kappa shape index (κ2) is 5.72. The van der Waals surface area contributed by atoms with E-state index in [1.54, 1.807) is 24.3 Å². The molecule has 3 nitrogen and oxygen atoms in total. The summed E-state index contributed by atoms with van der Waals surface area (Å²) in [7, 11) is 1.51. The molecule has 2 rings (SSSR count). The lowest BCUT2D eigenvalue weighted by molar-refractivity contribution is 0.0989. The third kappa shape index (κ3) is 2.79. The van der Waals surface area contributed by atoms with Gasteiger partial charge >= 0.3 is 0 Å². The number of anilines is 1. The minimum Gasteiger partial charge on any atom is -0.311 e. The standard InChI is InChI=1S/C15H10ClFN2O/c1-19(12-4-2-3-10(7-12)9-18)15(20)13-8-11(16)5-6-14(13)17/h2-8H,1H3. The molecule has 2 aromatic carbocycles. The van der Waals surface area contributed by atoms with Crippen molar-refractivity contribution >= 4 is 23.2 Å². The average Bonchev–Trinajstić information content (AvgIpc) is 2.48. The van der Waals surface area contributed by atoms with Crippen LogP contribution in [0, 0.1) is 17.1 Å². The van der Waals surface area contributed by atoms with Gasteiger partial charge in [-0.1, -0.05) is 17.7 Å². The van der Waals surface area contributed by atoms with Gasteiger partial charge in [0, 0.05) is 17.8 Å². The number of halogens is 2. The fraction of sp³-hybridized carbons (Fsp3) is 0.0667. The summed E-state index contributed by atoms with van der Waals surface area (Å²) in [6.45, 7) is 0. The highest BCUT2D eigenvalue weighted by atomic mass is 35.5. The van der Waals surface area contributed by atoms with E-state index in [4.69, 9.17) is 16.9 Å². The Hall–Kier alpha value is -2.38. The molecule has 2 aromatic rings. The number of rotatable bonds is 2. The minimum atomic E-state index is -0.636. The fourth-order valence-corrected chi connectivity index (χ4v) is 1.92. The van der Waals surface area contributed by atoms with E-state index in [1.807, 2.05) is 6.07 Å². The molecule has 0 aliphatic heterocycles. The van der Waals surface area contributed by atoms with E-state index >= 15 is 0 Å². The van der Waals surface area contributed by atoms with E-state index < -0.39 is 11.7 Å². The molecule has 1 amide bonds. The van der Waals surface area contributed by atoms with Crippen LogP contribution in [0.1, 0.15) is 15.9 Å². The quantitative estimate of drug-likeness (QED) is 0.847. The summed E-state index contributed by atoms with van der Waals surface area (Å²) in [5.74, 6) is -1.16. The van der Waals surface area contributed by atoms with Crippen LogP contribution in [-0.2, 0) is 0 Å². The summed E-state index contributed by atoms with van der Waals surface area (Å²) in [6, 6.07) is 12.3. The molecule has 100 valence electrons. The summed E-state index contributed by atoms with van der Waals surface area (Å²) in [6.07, 6.45) is 0. The van der Waals surface area contributed by atoms with Gasteiger partial charge in [-0.15, -0.1) is 0 Å². The first-order valence-corrected chi connectivity index (χ1v) is 6.14. The highest BCUT2D eigenvalue weighted by Gasteiger charge is 2.18. The summed E-state index contributed by atoms with van der Waals surface area (Å²) in [5.41, 5.74) is 0.824. The topological polar surface area (TPSA) is 44.1 Å². The van der Waals surface area contributed by atoms with Crippen LogP contribution in [0.4, 0.5) is 10.1 Å². The molecule has 20 heavy (non-hydrogen) atoms. The first-order chi connectivity index (χ1) is 9.52. The molecule has 0 heterocycles. The Bertz CT molecular complexity index is 709. The Morgan fingerprint density at radius 1 is 1.30 bits per heavy atom. The van der Waals surface area contributed by atoms with Gasteiger partial charge in [0.15, 0.2) is 0 Å². The molecule has 0 fully saturated rings. The Balaban J connectivity index is 2.37. The highest BCUT2D eigenvalue weighted by Crippen LogP contribution is 2.20. The average molecular weight is 289 g/mol. The van der Waals surface area contributed by atoms with E-state index in [9.17, 15) is 9.18 Å². The maximum atomic E-state index is 13.7. The van der Waals surface area contributed by atoms with Gasteiger partial charge < -0.3 is 4.90 Å². The van der Waals surface area contributed by atoms with Gasteiger partial charge in [-0.3, -0.25) is 4.79 Å². The van der Waals surface area contributed by atoms with Crippen molar-refractivity contribution in [1.29, 1.82) is 5.26 Å². The molecule has 0 unspecified atom stereocenters. The molecule has 5 heteroatoms. The number of amides is 1. The number of hydrogen-bond donors (Lipinski definition) is 0. The summed E-state index contributed by atoms with van der Waals surface area (Å²) < 4.78 is 13.7. The third-order valence-electron chi connectivity index (χ3n) is 2.83. The number of nitriles is 1. The molecule has 0 aliphatic carbocycles. The van der Waals surface area contributed by atoms with Crippen LogP contribution in [0.15, 0.2) is 42.5 Å². The largest absolute Gasteiger partial charge is 0.311 e. The van der Waals surface area contributed by atoms with Gasteiger partial charge in [-0.05, 0) is 36.4 Å². The number of nitrogens with zero attached hydrogens (tertiary/aromatic N) is 2. The molecular formula is C15H10ClFN2O. The van der Waals surface area contributed by atoms with Gasteiger partial charge in [0.25, 0.3) is 5.91 Å². The number of hydrogen-bond acceptors (Lipinski definition) is 2. The third-order valence-corrected chi connectivity index (χ3v) is 3.06. The predicted molar refractivity (Wildman–Crippen MR) is 75.3 cm³/mol. The van der Waals surface area contributed by atoms with Crippen molar-refractivity contribution in [3.63, 3.8) is 0 Å². The Morgan fingerprint density at radius 2 is 2.05 bits per heavy atom. The van der Waals surface area contributed by atoms with Crippen LogP contribution in [-0.4, -0.2) is 13.0 Å². The lowest BCUT2D eigenvalue weighted by Gasteiger charge is -2.18. The molecule has 0 saturated carbocycles. The van der Waals surface area contributed by atoms with Crippen LogP contribution in [0.2, 0.25) is 5.02 Å². The van der Waals surface area contributed by atoms with Crippen LogP contribution in [0.25, 0.3) is 0 Å². The number of carbonyl (C=O) groups excluding carboxylic acids is 1. The second-order valence-electron chi connectivity index (χ2n) is 4.15. The summed E-state index contributed by atoms with van der Waals surface area (Å²) in [5, 5.41) is 9.14. The second-order valence-corrected chi connectivity index (χ2v) is 4.59. The van der Waals surface area contributed by atoms with Crippen molar-refractivity contribution in [3.05, 3.63) is 64.4 Å². The van der Waals surface area contributed by atoms with Gasteiger partial charge in [-0.25, -0.2) is 4.39 Å². The van der Waals surface area contributed by atoms with E-state index in [0.29, 0.717) is 11.3 Å². The van der Waals surface area contributed by atoms with Crippen molar-refractivity contribution in [3.8, 4) is 6.07 Å². The van der Waals surface area contributed by atoms with Crippen LogP contribution >= 0.6 is 11.6 Å².